The molecule has 1 unspecified atom stereocenters. The van der Waals surface area contributed by atoms with Gasteiger partial charge in [-0.2, -0.15) is 0 Å². The first-order valence-corrected chi connectivity index (χ1v) is 7.82. The van der Waals surface area contributed by atoms with Crippen molar-refractivity contribution in [2.45, 2.75) is 20.3 Å². The third-order valence-electron chi connectivity index (χ3n) is 3.42. The number of anilines is 2. The van der Waals surface area contributed by atoms with E-state index in [1.165, 1.54) is 11.3 Å². The van der Waals surface area contributed by atoms with Crippen molar-refractivity contribution in [2.24, 2.45) is 17.6 Å². The van der Waals surface area contributed by atoms with Gasteiger partial charge in [0.1, 0.15) is 10.7 Å². The van der Waals surface area contributed by atoms with E-state index in [9.17, 15) is 4.79 Å². The first kappa shape index (κ1) is 15.1. The van der Waals surface area contributed by atoms with Crippen LogP contribution in [0.3, 0.4) is 0 Å². The van der Waals surface area contributed by atoms with Crippen LogP contribution in [0.5, 0.6) is 0 Å². The van der Waals surface area contributed by atoms with Crippen molar-refractivity contribution in [3.8, 4) is 0 Å². The molecule has 0 bridgehead atoms. The Labute approximate surface area is 123 Å². The van der Waals surface area contributed by atoms with Crippen molar-refractivity contribution in [3.63, 3.8) is 0 Å². The van der Waals surface area contributed by atoms with Crippen molar-refractivity contribution in [1.82, 2.24) is 9.88 Å². The summed E-state index contributed by atoms with van der Waals surface area (Å²) in [5.41, 5.74) is 11.5. The number of amides is 1. The third-order valence-corrected chi connectivity index (χ3v) is 4.43. The Morgan fingerprint density at radius 2 is 2.35 bits per heavy atom. The standard InChI is InChI=1S/C13H23N5OS/c1-8(2)6-16-13-17-11(15)10(20-13)12(19)18-4-3-9(5-14)7-18/h8-9H,3-7,14-15H2,1-2H3,(H,16,17). The molecule has 112 valence electrons. The predicted molar refractivity (Wildman–Crippen MR) is 82.9 cm³/mol. The van der Waals surface area contributed by atoms with E-state index in [0.29, 0.717) is 34.2 Å². The Bertz CT molecular complexity index is 473. The zero-order valence-corrected chi connectivity index (χ0v) is 12.9. The van der Waals surface area contributed by atoms with Crippen molar-refractivity contribution in [3.05, 3.63) is 4.88 Å². The quantitative estimate of drug-likeness (QED) is 0.759. The molecule has 0 aromatic carbocycles. The van der Waals surface area contributed by atoms with Crippen LogP contribution in [0.4, 0.5) is 10.9 Å². The van der Waals surface area contributed by atoms with Gasteiger partial charge in [0.15, 0.2) is 5.13 Å². The third kappa shape index (κ3) is 3.40. The van der Waals surface area contributed by atoms with Gasteiger partial charge in [-0.15, -0.1) is 0 Å². The smallest absolute Gasteiger partial charge is 0.267 e. The van der Waals surface area contributed by atoms with Gasteiger partial charge < -0.3 is 21.7 Å². The maximum absolute atomic E-state index is 12.4. The summed E-state index contributed by atoms with van der Waals surface area (Å²) in [6.45, 7) is 7.16. The molecule has 0 aliphatic carbocycles. The van der Waals surface area contributed by atoms with E-state index in [1.54, 1.807) is 0 Å². The summed E-state index contributed by atoms with van der Waals surface area (Å²) in [7, 11) is 0. The highest BCUT2D eigenvalue weighted by molar-refractivity contribution is 7.18. The number of nitrogen functional groups attached to an aromatic ring is 1. The average molecular weight is 297 g/mol. The molecule has 7 heteroatoms. The van der Waals surface area contributed by atoms with Crippen LogP contribution in [0.1, 0.15) is 29.9 Å². The van der Waals surface area contributed by atoms with Crippen LogP contribution in [0.15, 0.2) is 0 Å². The number of thiazole rings is 1. The molecule has 1 aliphatic heterocycles. The van der Waals surface area contributed by atoms with Gasteiger partial charge in [-0.05, 0) is 24.8 Å². The monoisotopic (exact) mass is 297 g/mol. The second kappa shape index (κ2) is 6.41. The minimum Gasteiger partial charge on any atom is -0.382 e. The Morgan fingerprint density at radius 3 is 2.95 bits per heavy atom. The number of rotatable bonds is 5. The zero-order chi connectivity index (χ0) is 14.7. The average Bonchev–Trinajstić information content (AvgIpc) is 3.02. The number of nitrogens with one attached hydrogen (secondary N) is 1. The molecule has 1 saturated heterocycles. The van der Waals surface area contributed by atoms with Gasteiger partial charge in [-0.1, -0.05) is 25.2 Å². The number of nitrogens with zero attached hydrogens (tertiary/aromatic N) is 2. The highest BCUT2D eigenvalue weighted by atomic mass is 32.1. The van der Waals surface area contributed by atoms with Crippen molar-refractivity contribution >= 4 is 28.2 Å². The first-order valence-electron chi connectivity index (χ1n) is 7.00. The molecule has 1 atom stereocenters. The summed E-state index contributed by atoms with van der Waals surface area (Å²) in [4.78, 5) is 19.0. The summed E-state index contributed by atoms with van der Waals surface area (Å²) in [6, 6.07) is 0. The number of hydrogen-bond acceptors (Lipinski definition) is 6. The van der Waals surface area contributed by atoms with E-state index in [0.717, 1.165) is 26.1 Å². The van der Waals surface area contributed by atoms with Gasteiger partial charge >= 0.3 is 0 Å². The highest BCUT2D eigenvalue weighted by Gasteiger charge is 2.28. The molecule has 0 saturated carbocycles. The Morgan fingerprint density at radius 1 is 1.60 bits per heavy atom. The summed E-state index contributed by atoms with van der Waals surface area (Å²) in [5.74, 6) is 1.23. The summed E-state index contributed by atoms with van der Waals surface area (Å²) < 4.78 is 0. The van der Waals surface area contributed by atoms with E-state index in [1.807, 2.05) is 4.90 Å². The molecular weight excluding hydrogens is 274 g/mol. The highest BCUT2D eigenvalue weighted by Crippen LogP contribution is 2.28. The largest absolute Gasteiger partial charge is 0.382 e. The number of aromatic nitrogens is 1. The zero-order valence-electron chi connectivity index (χ0n) is 12.1. The molecule has 0 spiro atoms. The number of likely N-dealkylation sites (tertiary alicyclic amines) is 1. The van der Waals surface area contributed by atoms with Crippen molar-refractivity contribution in [2.75, 3.05) is 37.2 Å². The molecule has 1 fully saturated rings. The summed E-state index contributed by atoms with van der Waals surface area (Å²) >= 11 is 1.34. The molecule has 2 heterocycles. The van der Waals surface area contributed by atoms with Crippen LogP contribution in [0, 0.1) is 11.8 Å². The SMILES string of the molecule is CC(C)CNc1nc(N)c(C(=O)N2CCC(CN)C2)s1. The van der Waals surface area contributed by atoms with Crippen LogP contribution >= 0.6 is 11.3 Å². The van der Waals surface area contributed by atoms with Crippen molar-refractivity contribution < 1.29 is 4.79 Å². The molecule has 1 amide bonds. The maximum atomic E-state index is 12.4. The number of nitrogens with two attached hydrogens (primary N) is 2. The predicted octanol–water partition coefficient (Wildman–Crippen LogP) is 1.21. The van der Waals surface area contributed by atoms with Gasteiger partial charge in [-0.3, -0.25) is 4.79 Å². The first-order chi connectivity index (χ1) is 9.51. The lowest BCUT2D eigenvalue weighted by atomic mass is 10.1. The topological polar surface area (TPSA) is 97.3 Å². The number of hydrogen-bond donors (Lipinski definition) is 3. The minimum absolute atomic E-state index is 0.0199. The fourth-order valence-electron chi connectivity index (χ4n) is 2.21. The van der Waals surface area contributed by atoms with Gasteiger partial charge in [0.2, 0.25) is 0 Å². The molecule has 6 nitrogen and oxygen atoms in total. The summed E-state index contributed by atoms with van der Waals surface area (Å²) in [5, 5.41) is 3.92. The van der Waals surface area contributed by atoms with Crippen LogP contribution < -0.4 is 16.8 Å². The van der Waals surface area contributed by atoms with Crippen LogP contribution in [-0.2, 0) is 0 Å². The lowest BCUT2D eigenvalue weighted by Crippen LogP contribution is -2.29. The number of carbonyl (C=O) groups is 1. The molecule has 0 radical (unpaired) electrons. The second-order valence-electron chi connectivity index (χ2n) is 5.65. The molecule has 1 aliphatic rings. The molecule has 20 heavy (non-hydrogen) atoms. The van der Waals surface area contributed by atoms with E-state index < -0.39 is 0 Å². The van der Waals surface area contributed by atoms with Crippen LogP contribution in [0.25, 0.3) is 0 Å². The Balaban J connectivity index is 2.03. The molecule has 5 N–H and O–H groups in total. The molecule has 2 rings (SSSR count). The fourth-order valence-corrected chi connectivity index (χ4v) is 3.06. The van der Waals surface area contributed by atoms with Crippen LogP contribution in [0.2, 0.25) is 0 Å². The molecular formula is C13H23N5OS. The van der Waals surface area contributed by atoms with E-state index >= 15 is 0 Å². The van der Waals surface area contributed by atoms with E-state index in [-0.39, 0.29) is 5.91 Å². The summed E-state index contributed by atoms with van der Waals surface area (Å²) in [6.07, 6.45) is 0.972. The maximum Gasteiger partial charge on any atom is 0.267 e. The van der Waals surface area contributed by atoms with Gasteiger partial charge in [0, 0.05) is 19.6 Å². The lowest BCUT2D eigenvalue weighted by molar-refractivity contribution is 0.0793. The minimum atomic E-state index is -0.0199. The van der Waals surface area contributed by atoms with Crippen molar-refractivity contribution in [1.29, 1.82) is 0 Å². The lowest BCUT2D eigenvalue weighted by Gasteiger charge is -2.15. The molecule has 1 aromatic heterocycles. The van der Waals surface area contributed by atoms with Crippen LogP contribution in [-0.4, -0.2) is 42.0 Å². The second-order valence-corrected chi connectivity index (χ2v) is 6.65. The Kier molecular flexibility index (Phi) is 4.82. The molecule has 1 aromatic rings. The van der Waals surface area contributed by atoms with Gasteiger partial charge in [-0.25, -0.2) is 4.98 Å². The number of carbonyl (C=O) groups excluding carboxylic acids is 1. The van der Waals surface area contributed by atoms with Gasteiger partial charge in [0.25, 0.3) is 5.91 Å². The van der Waals surface area contributed by atoms with E-state index in [4.69, 9.17) is 11.5 Å². The Hall–Kier alpha value is -1.34. The fraction of sp³-hybridized carbons (Fsp3) is 0.692. The normalized spacial score (nSPS) is 18.8. The van der Waals surface area contributed by atoms with E-state index in [2.05, 4.69) is 24.1 Å². The van der Waals surface area contributed by atoms with Gasteiger partial charge in [0.05, 0.1) is 0 Å².